The number of hydrogen-bond donors (Lipinski definition) is 1. The van der Waals surface area contributed by atoms with Crippen molar-refractivity contribution in [3.8, 4) is 0 Å². The van der Waals surface area contributed by atoms with Crippen molar-refractivity contribution in [3.63, 3.8) is 0 Å². The predicted octanol–water partition coefficient (Wildman–Crippen LogP) is 3.66. The zero-order chi connectivity index (χ0) is 17.2. The van der Waals surface area contributed by atoms with Gasteiger partial charge in [0.15, 0.2) is 0 Å². The van der Waals surface area contributed by atoms with Crippen LogP contribution in [0.1, 0.15) is 38.5 Å². The highest BCUT2D eigenvalue weighted by Gasteiger charge is 2.70. The lowest BCUT2D eigenvalue weighted by Gasteiger charge is -2.32. The standard InChI is InChI=1S/C13H16F6O3/c1-8(10(20)22-9-5-3-2-4-6-9)7-11(21,12(14,15)16)13(17,18)19/h9,21H,1-7H2. The molecule has 0 spiro atoms. The van der Waals surface area contributed by atoms with E-state index < -0.39 is 42.0 Å². The first-order valence-corrected chi connectivity index (χ1v) is 6.63. The Balaban J connectivity index is 2.77. The first kappa shape index (κ1) is 18.8. The Morgan fingerprint density at radius 3 is 1.91 bits per heavy atom. The molecule has 0 aromatic heterocycles. The fourth-order valence-electron chi connectivity index (χ4n) is 2.16. The lowest BCUT2D eigenvalue weighted by atomic mass is 9.93. The van der Waals surface area contributed by atoms with Gasteiger partial charge < -0.3 is 9.84 Å². The van der Waals surface area contributed by atoms with Gasteiger partial charge in [0.05, 0.1) is 0 Å². The molecule has 1 saturated carbocycles. The average Bonchev–Trinajstić information content (AvgIpc) is 2.37. The van der Waals surface area contributed by atoms with Gasteiger partial charge in [-0.2, -0.15) is 26.3 Å². The van der Waals surface area contributed by atoms with Gasteiger partial charge in [-0.05, 0) is 25.7 Å². The van der Waals surface area contributed by atoms with Crippen molar-refractivity contribution in [2.45, 2.75) is 62.6 Å². The molecule has 9 heteroatoms. The van der Waals surface area contributed by atoms with Crippen LogP contribution in [-0.2, 0) is 9.53 Å². The van der Waals surface area contributed by atoms with Gasteiger partial charge in [0, 0.05) is 12.0 Å². The third kappa shape index (κ3) is 4.15. The normalized spacial score (nSPS) is 18.1. The SMILES string of the molecule is C=C(CC(O)(C(F)(F)F)C(F)(F)F)C(=O)OC1CCCCC1. The number of ether oxygens (including phenoxy) is 1. The summed E-state index contributed by atoms with van der Waals surface area (Å²) in [6.07, 6.45) is -11.1. The van der Waals surface area contributed by atoms with E-state index in [1.165, 1.54) is 0 Å². The minimum absolute atomic E-state index is 0.502. The fourth-order valence-corrected chi connectivity index (χ4v) is 2.16. The minimum Gasteiger partial charge on any atom is -0.459 e. The van der Waals surface area contributed by atoms with Crippen LogP contribution < -0.4 is 0 Å². The zero-order valence-corrected chi connectivity index (χ0v) is 11.6. The third-order valence-electron chi connectivity index (χ3n) is 3.52. The van der Waals surface area contributed by atoms with Crippen LogP contribution in [-0.4, -0.2) is 35.1 Å². The van der Waals surface area contributed by atoms with Crippen molar-refractivity contribution in [2.75, 3.05) is 0 Å². The number of alkyl halides is 6. The van der Waals surface area contributed by atoms with Gasteiger partial charge in [-0.25, -0.2) is 4.79 Å². The molecule has 0 heterocycles. The highest BCUT2D eigenvalue weighted by Crippen LogP contribution is 2.46. The molecule has 1 fully saturated rings. The molecule has 1 aliphatic carbocycles. The summed E-state index contributed by atoms with van der Waals surface area (Å²) in [5.41, 5.74) is -6.09. The Labute approximate surface area is 122 Å². The van der Waals surface area contributed by atoms with Gasteiger partial charge in [0.1, 0.15) is 6.10 Å². The Hall–Kier alpha value is -1.25. The molecule has 0 aromatic carbocycles. The van der Waals surface area contributed by atoms with E-state index in [9.17, 15) is 31.1 Å². The second-order valence-electron chi connectivity index (χ2n) is 5.30. The van der Waals surface area contributed by atoms with Crippen LogP contribution >= 0.6 is 0 Å². The summed E-state index contributed by atoms with van der Waals surface area (Å²) in [4.78, 5) is 11.6. The van der Waals surface area contributed by atoms with E-state index in [1.54, 1.807) is 0 Å². The van der Waals surface area contributed by atoms with E-state index >= 15 is 0 Å². The molecule has 0 aliphatic heterocycles. The second kappa shape index (κ2) is 6.47. The maximum atomic E-state index is 12.5. The molecular formula is C13H16F6O3. The average molecular weight is 334 g/mol. The van der Waals surface area contributed by atoms with Crippen molar-refractivity contribution in [2.24, 2.45) is 0 Å². The molecule has 0 bridgehead atoms. The van der Waals surface area contributed by atoms with Crippen LogP contribution in [0.4, 0.5) is 26.3 Å². The summed E-state index contributed by atoms with van der Waals surface area (Å²) >= 11 is 0. The minimum atomic E-state index is -5.99. The van der Waals surface area contributed by atoms with Crippen LogP contribution in [0.15, 0.2) is 12.2 Å². The lowest BCUT2D eigenvalue weighted by Crippen LogP contribution is -2.57. The highest BCUT2D eigenvalue weighted by molar-refractivity contribution is 5.88. The number of aliphatic hydroxyl groups is 1. The van der Waals surface area contributed by atoms with E-state index in [2.05, 4.69) is 6.58 Å². The number of halogens is 6. The van der Waals surface area contributed by atoms with Gasteiger partial charge in [-0.15, -0.1) is 0 Å². The number of esters is 1. The van der Waals surface area contributed by atoms with Crippen LogP contribution in [0.25, 0.3) is 0 Å². The topological polar surface area (TPSA) is 46.5 Å². The third-order valence-corrected chi connectivity index (χ3v) is 3.52. The summed E-state index contributed by atoms with van der Waals surface area (Å²) in [6, 6.07) is 0. The van der Waals surface area contributed by atoms with Gasteiger partial charge >= 0.3 is 18.3 Å². The van der Waals surface area contributed by atoms with Crippen LogP contribution in [0.5, 0.6) is 0 Å². The molecule has 0 unspecified atom stereocenters. The first-order chi connectivity index (χ1) is 9.88. The van der Waals surface area contributed by atoms with E-state index in [0.29, 0.717) is 12.8 Å². The van der Waals surface area contributed by atoms with E-state index in [-0.39, 0.29) is 0 Å². The largest absolute Gasteiger partial charge is 0.459 e. The Bertz CT molecular complexity index is 406. The Kier molecular flexibility index (Phi) is 5.53. The number of hydrogen-bond acceptors (Lipinski definition) is 3. The van der Waals surface area contributed by atoms with Crippen molar-refractivity contribution in [3.05, 3.63) is 12.2 Å². The molecule has 128 valence electrons. The quantitative estimate of drug-likeness (QED) is 0.485. The molecule has 0 saturated heterocycles. The molecule has 3 nitrogen and oxygen atoms in total. The fraction of sp³-hybridized carbons (Fsp3) is 0.769. The van der Waals surface area contributed by atoms with Crippen molar-refractivity contribution < 1.29 is 41.0 Å². The summed E-state index contributed by atoms with van der Waals surface area (Å²) < 4.78 is 80.0. The molecule has 1 aliphatic rings. The summed E-state index contributed by atoms with van der Waals surface area (Å²) in [5.74, 6) is -1.35. The molecule has 0 amide bonds. The molecule has 0 atom stereocenters. The second-order valence-corrected chi connectivity index (χ2v) is 5.30. The highest BCUT2D eigenvalue weighted by atomic mass is 19.4. The van der Waals surface area contributed by atoms with Crippen LogP contribution in [0.3, 0.4) is 0 Å². The number of rotatable bonds is 4. The van der Waals surface area contributed by atoms with Gasteiger partial charge in [-0.3, -0.25) is 0 Å². The molecule has 0 aromatic rings. The van der Waals surface area contributed by atoms with Crippen molar-refractivity contribution >= 4 is 5.97 Å². The first-order valence-electron chi connectivity index (χ1n) is 6.63. The molecule has 1 rings (SSSR count). The summed E-state index contributed by atoms with van der Waals surface area (Å²) in [5, 5.41) is 8.99. The van der Waals surface area contributed by atoms with Crippen molar-refractivity contribution in [1.82, 2.24) is 0 Å². The summed E-state index contributed by atoms with van der Waals surface area (Å²) in [6.45, 7) is 2.90. The Morgan fingerprint density at radius 2 is 1.50 bits per heavy atom. The maximum Gasteiger partial charge on any atom is 0.426 e. The number of carbonyl (C=O) groups excluding carboxylic acids is 1. The monoisotopic (exact) mass is 334 g/mol. The molecular weight excluding hydrogens is 318 g/mol. The lowest BCUT2D eigenvalue weighted by molar-refractivity contribution is -0.367. The predicted molar refractivity (Wildman–Crippen MR) is 63.8 cm³/mol. The van der Waals surface area contributed by atoms with E-state index in [4.69, 9.17) is 9.84 Å². The van der Waals surface area contributed by atoms with Crippen LogP contribution in [0, 0.1) is 0 Å². The zero-order valence-electron chi connectivity index (χ0n) is 11.6. The number of carbonyl (C=O) groups is 1. The molecule has 1 N–H and O–H groups in total. The van der Waals surface area contributed by atoms with Gasteiger partial charge in [0.2, 0.25) is 0 Å². The van der Waals surface area contributed by atoms with Crippen LogP contribution in [0.2, 0.25) is 0 Å². The summed E-state index contributed by atoms with van der Waals surface area (Å²) in [7, 11) is 0. The van der Waals surface area contributed by atoms with E-state index in [1.807, 2.05) is 0 Å². The van der Waals surface area contributed by atoms with Gasteiger partial charge in [0.25, 0.3) is 5.60 Å². The maximum absolute atomic E-state index is 12.5. The molecule has 22 heavy (non-hydrogen) atoms. The Morgan fingerprint density at radius 1 is 1.05 bits per heavy atom. The van der Waals surface area contributed by atoms with E-state index in [0.717, 1.165) is 19.3 Å². The smallest absolute Gasteiger partial charge is 0.426 e. The van der Waals surface area contributed by atoms with Crippen molar-refractivity contribution in [1.29, 1.82) is 0 Å². The van der Waals surface area contributed by atoms with Gasteiger partial charge in [-0.1, -0.05) is 13.0 Å². The molecule has 0 radical (unpaired) electrons.